The Balaban J connectivity index is 3.75. The molecule has 0 saturated carbocycles. The zero-order chi connectivity index (χ0) is 8.20. The van der Waals surface area contributed by atoms with Gasteiger partial charge in [0.25, 0.3) is 0 Å². The third-order valence-corrected chi connectivity index (χ3v) is 1.71. The molecule has 62 valence electrons. The van der Waals surface area contributed by atoms with Crippen LogP contribution in [0.5, 0.6) is 0 Å². The summed E-state index contributed by atoms with van der Waals surface area (Å²) in [7, 11) is -4.74. The van der Waals surface area contributed by atoms with Gasteiger partial charge in [0.05, 0.1) is 0 Å². The molecule has 0 unspecified atom stereocenters. The summed E-state index contributed by atoms with van der Waals surface area (Å²) in [5, 5.41) is 18.5. The molecule has 0 radical (unpaired) electrons. The number of hydrogen-bond donors (Lipinski definition) is 3. The van der Waals surface area contributed by atoms with Crippen LogP contribution in [0.15, 0.2) is 0 Å². The lowest BCUT2D eigenvalue weighted by molar-refractivity contribution is -0.433. The molecule has 0 aromatic rings. The lowest BCUT2D eigenvalue weighted by Crippen LogP contribution is -2.19. The molecule has 0 aliphatic rings. The fraction of sp³-hybridized carbons (Fsp3) is 0. The Morgan fingerprint density at radius 3 is 2.30 bits per heavy atom. The fourth-order valence-electron chi connectivity index (χ4n) is 0.0781. The Morgan fingerprint density at radius 2 is 2.00 bits per heavy atom. The first-order chi connectivity index (χ1) is 4.48. The van der Waals surface area contributed by atoms with Crippen molar-refractivity contribution < 1.29 is 32.8 Å². The van der Waals surface area contributed by atoms with E-state index in [1.54, 1.807) is 0 Å². The van der Waals surface area contributed by atoms with Crippen molar-refractivity contribution in [1.82, 2.24) is 3.87 Å². The molecule has 10 heteroatoms. The van der Waals surface area contributed by atoms with E-state index < -0.39 is 14.2 Å². The van der Waals surface area contributed by atoms with E-state index in [4.69, 9.17) is 15.0 Å². The van der Waals surface area contributed by atoms with Crippen molar-refractivity contribution >= 4 is 22.5 Å². The summed E-state index contributed by atoms with van der Waals surface area (Å²) >= 11 is -0.338. The minimum atomic E-state index is -4.74. The molecule has 0 amide bonds. The maximum Gasteiger partial charge on any atom is 0.370 e. The topological polar surface area (TPSA) is 117 Å². The van der Waals surface area contributed by atoms with Gasteiger partial charge in [0.1, 0.15) is 0 Å². The second kappa shape index (κ2) is 4.05. The molecule has 0 saturated heterocycles. The molecule has 8 nitrogen and oxygen atoms in total. The van der Waals surface area contributed by atoms with Gasteiger partial charge >= 0.3 is 10.3 Å². The van der Waals surface area contributed by atoms with E-state index in [1.807, 2.05) is 0 Å². The summed E-state index contributed by atoms with van der Waals surface area (Å²) in [4.78, 5) is 0. The van der Waals surface area contributed by atoms with Crippen molar-refractivity contribution in [2.75, 3.05) is 0 Å². The lowest BCUT2D eigenvalue weighted by atomic mass is 13.5. The van der Waals surface area contributed by atoms with Gasteiger partial charge in [-0.05, 0) is 0 Å². The zero-order valence-corrected chi connectivity index (χ0v) is 5.87. The van der Waals surface area contributed by atoms with Crippen molar-refractivity contribution in [2.24, 2.45) is 0 Å². The van der Waals surface area contributed by atoms with Crippen LogP contribution in [-0.2, 0) is 19.7 Å². The van der Waals surface area contributed by atoms with Gasteiger partial charge in [-0.1, -0.05) is 5.04 Å². The highest BCUT2D eigenvalue weighted by Crippen LogP contribution is 2.10. The van der Waals surface area contributed by atoms with E-state index in [0.717, 1.165) is 0 Å². The highest BCUT2D eigenvalue weighted by Gasteiger charge is 2.18. The summed E-state index contributed by atoms with van der Waals surface area (Å²) < 4.78 is 30.4. The molecule has 0 rings (SSSR count). The minimum absolute atomic E-state index is 0.338. The van der Waals surface area contributed by atoms with Gasteiger partial charge in [-0.25, -0.2) is 5.26 Å². The van der Waals surface area contributed by atoms with Crippen LogP contribution in [0.4, 0.5) is 0 Å². The molecule has 0 aromatic carbocycles. The molecule has 0 bridgehead atoms. The standard InChI is InChI=1S/H3NO7S2/c2-1(9-8-7-3)10(4,5)6/h2-3H,(H,4,5,6). The molecule has 10 heavy (non-hydrogen) atoms. The van der Waals surface area contributed by atoms with Crippen LogP contribution in [0.25, 0.3) is 0 Å². The number of rotatable bonds is 4. The predicted octanol–water partition coefficient (Wildman–Crippen LogP) is -0.535. The van der Waals surface area contributed by atoms with E-state index in [2.05, 4.69) is 9.37 Å². The number of nitrogens with zero attached hydrogens (tertiary/aromatic N) is 1. The van der Waals surface area contributed by atoms with Crippen LogP contribution < -0.4 is 0 Å². The summed E-state index contributed by atoms with van der Waals surface area (Å²) in [6.07, 6.45) is 0. The van der Waals surface area contributed by atoms with E-state index >= 15 is 0 Å². The van der Waals surface area contributed by atoms with Crippen LogP contribution >= 0.6 is 12.2 Å². The van der Waals surface area contributed by atoms with Crippen molar-refractivity contribution in [3.05, 3.63) is 0 Å². The van der Waals surface area contributed by atoms with Crippen molar-refractivity contribution in [3.8, 4) is 0 Å². The maximum absolute atomic E-state index is 9.83. The molecule has 0 aromatic heterocycles. The molecule has 0 spiro atoms. The van der Waals surface area contributed by atoms with Gasteiger partial charge in [-0.2, -0.15) is 8.42 Å². The van der Waals surface area contributed by atoms with Crippen LogP contribution in [-0.4, -0.2) is 27.3 Å². The van der Waals surface area contributed by atoms with E-state index in [1.165, 1.54) is 0 Å². The average Bonchev–Trinajstić information content (AvgIpc) is 1.80. The van der Waals surface area contributed by atoms with Gasteiger partial charge in [0.15, 0.2) is 12.2 Å². The molecular weight excluding hydrogens is 190 g/mol. The molecular formula is H3NO7S2. The van der Waals surface area contributed by atoms with Gasteiger partial charge in [0.2, 0.25) is 0 Å². The molecule has 3 N–H and O–H groups in total. The fourth-order valence-corrected chi connectivity index (χ4v) is 0.540. The lowest BCUT2D eigenvalue weighted by Gasteiger charge is -2.03. The third-order valence-electron chi connectivity index (χ3n) is 0.322. The molecule has 0 fully saturated rings. The summed E-state index contributed by atoms with van der Waals surface area (Å²) in [6, 6.07) is 0. The minimum Gasteiger partial charge on any atom is -0.286 e. The number of hydrogen-bond acceptors (Lipinski definition) is 7. The zero-order valence-electron chi connectivity index (χ0n) is 4.24. The normalized spacial score (nSPS) is 12.4. The van der Waals surface area contributed by atoms with Crippen LogP contribution in [0.2, 0.25) is 0 Å². The molecule has 0 aliphatic carbocycles. The summed E-state index contributed by atoms with van der Waals surface area (Å²) in [5.41, 5.74) is 0. The van der Waals surface area contributed by atoms with E-state index in [0.29, 0.717) is 0 Å². The maximum atomic E-state index is 9.83. The van der Waals surface area contributed by atoms with Crippen molar-refractivity contribution in [1.29, 1.82) is 0 Å². The van der Waals surface area contributed by atoms with Crippen molar-refractivity contribution in [2.45, 2.75) is 0 Å². The Morgan fingerprint density at radius 1 is 1.50 bits per heavy atom. The first-order valence-electron chi connectivity index (χ1n) is 1.60. The van der Waals surface area contributed by atoms with E-state index in [9.17, 15) is 8.42 Å². The predicted molar refractivity (Wildman–Crippen MR) is 27.6 cm³/mol. The Hall–Kier alpha value is 0.0600. The molecule has 0 aliphatic heterocycles. The SMILES string of the molecule is O=S(=O)(O)N(O)SOOO. The average molecular weight is 193 g/mol. The second-order valence-corrected chi connectivity index (χ2v) is 3.01. The Kier molecular flexibility index (Phi) is 4.07. The highest BCUT2D eigenvalue weighted by atomic mass is 32.3. The quantitative estimate of drug-likeness (QED) is 0.179. The Labute approximate surface area is 60.0 Å². The van der Waals surface area contributed by atoms with Gasteiger partial charge in [-0.3, -0.25) is 9.76 Å². The monoisotopic (exact) mass is 193 g/mol. The largest absolute Gasteiger partial charge is 0.370 e. The molecule has 0 atom stereocenters. The van der Waals surface area contributed by atoms with Gasteiger partial charge in [0, 0.05) is 3.87 Å². The first kappa shape index (κ1) is 10.1. The summed E-state index contributed by atoms with van der Waals surface area (Å²) in [5.74, 6) is 0. The molecule has 0 heterocycles. The highest BCUT2D eigenvalue weighted by molar-refractivity contribution is 8.03. The smallest absolute Gasteiger partial charge is 0.286 e. The van der Waals surface area contributed by atoms with Crippen molar-refractivity contribution in [3.63, 3.8) is 0 Å². The Bertz CT molecular complexity index is 170. The third kappa shape index (κ3) is 3.97. The van der Waals surface area contributed by atoms with Crippen LogP contribution in [0, 0.1) is 0 Å². The van der Waals surface area contributed by atoms with Crippen LogP contribution in [0.1, 0.15) is 0 Å². The van der Waals surface area contributed by atoms with E-state index in [-0.39, 0.29) is 12.2 Å². The van der Waals surface area contributed by atoms with Gasteiger partial charge < -0.3 is 0 Å². The first-order valence-corrected chi connectivity index (χ1v) is 3.69. The summed E-state index contributed by atoms with van der Waals surface area (Å²) in [6.45, 7) is 0. The van der Waals surface area contributed by atoms with Crippen LogP contribution in [0.3, 0.4) is 0 Å². The second-order valence-electron chi connectivity index (χ2n) is 0.903. The van der Waals surface area contributed by atoms with Gasteiger partial charge in [-0.15, -0.1) is 4.33 Å².